The zero-order chi connectivity index (χ0) is 12.4. The third kappa shape index (κ3) is 6.80. The Morgan fingerprint density at radius 3 is 1.94 bits per heavy atom. The molecule has 4 heteroatoms. The number of ether oxygens (including phenoxy) is 1. The molecule has 0 bridgehead atoms. The highest BCUT2D eigenvalue weighted by Gasteiger charge is 2.09. The number of carbonyl (C=O) groups excluding carboxylic acids is 1. The van der Waals surface area contributed by atoms with Gasteiger partial charge >= 0.3 is 5.97 Å². The van der Waals surface area contributed by atoms with Gasteiger partial charge in [-0.05, 0) is 39.1 Å². The van der Waals surface area contributed by atoms with Crippen molar-refractivity contribution < 1.29 is 9.53 Å². The summed E-state index contributed by atoms with van der Waals surface area (Å²) in [5.41, 5.74) is 0. The van der Waals surface area contributed by atoms with Crippen molar-refractivity contribution in [2.45, 2.75) is 27.2 Å². The number of hydrogen-bond acceptors (Lipinski definition) is 4. The third-order valence-electron chi connectivity index (χ3n) is 2.87. The van der Waals surface area contributed by atoms with Gasteiger partial charge in [0.1, 0.15) is 0 Å². The van der Waals surface area contributed by atoms with Crippen LogP contribution in [0.1, 0.15) is 27.2 Å². The summed E-state index contributed by atoms with van der Waals surface area (Å²) in [5, 5.41) is 0. The van der Waals surface area contributed by atoms with Crippen LogP contribution in [0.15, 0.2) is 0 Å². The van der Waals surface area contributed by atoms with E-state index in [2.05, 4.69) is 35.3 Å². The number of likely N-dealkylation sites (N-methyl/N-ethyl adjacent to an activating group) is 1. The second-order valence-corrected chi connectivity index (χ2v) is 3.83. The molecule has 0 aromatic rings. The average molecular weight is 230 g/mol. The van der Waals surface area contributed by atoms with Crippen molar-refractivity contribution in [2.24, 2.45) is 0 Å². The summed E-state index contributed by atoms with van der Waals surface area (Å²) in [4.78, 5) is 15.6. The van der Waals surface area contributed by atoms with Gasteiger partial charge in [0.25, 0.3) is 0 Å². The van der Waals surface area contributed by atoms with Crippen LogP contribution in [0.4, 0.5) is 0 Å². The van der Waals surface area contributed by atoms with E-state index in [-0.39, 0.29) is 5.97 Å². The number of rotatable bonds is 9. The Balaban J connectivity index is 3.74. The van der Waals surface area contributed by atoms with E-state index in [1.807, 2.05) is 0 Å². The molecule has 0 N–H and O–H groups in total. The van der Waals surface area contributed by atoms with Gasteiger partial charge in [-0.15, -0.1) is 0 Å². The van der Waals surface area contributed by atoms with Crippen molar-refractivity contribution in [3.05, 3.63) is 0 Å². The highest BCUT2D eigenvalue weighted by molar-refractivity contribution is 5.71. The predicted molar refractivity (Wildman–Crippen MR) is 66.5 cm³/mol. The molecule has 0 saturated carbocycles. The maximum atomic E-state index is 11.1. The fourth-order valence-electron chi connectivity index (χ4n) is 1.65. The monoisotopic (exact) mass is 230 g/mol. The second-order valence-electron chi connectivity index (χ2n) is 3.83. The molecule has 0 rings (SSSR count). The van der Waals surface area contributed by atoms with E-state index in [0.29, 0.717) is 6.54 Å². The van der Waals surface area contributed by atoms with Gasteiger partial charge < -0.3 is 9.64 Å². The molecular weight excluding hydrogens is 204 g/mol. The Kier molecular flexibility index (Phi) is 9.24. The minimum atomic E-state index is -0.148. The van der Waals surface area contributed by atoms with Gasteiger partial charge in [0.15, 0.2) is 0 Å². The first-order valence-electron chi connectivity index (χ1n) is 6.19. The van der Waals surface area contributed by atoms with Gasteiger partial charge in [0.2, 0.25) is 0 Å². The van der Waals surface area contributed by atoms with E-state index in [0.717, 1.165) is 39.1 Å². The summed E-state index contributed by atoms with van der Waals surface area (Å²) in [6, 6.07) is 0. The highest BCUT2D eigenvalue weighted by atomic mass is 16.5. The SMILES string of the molecule is CCN(CC)CCCN(CC)CC(=O)OC. The fourth-order valence-corrected chi connectivity index (χ4v) is 1.65. The standard InChI is InChI=1S/C12H26N2O2/c1-5-13(6-2)9-8-10-14(7-3)11-12(15)16-4/h5-11H2,1-4H3. The number of carbonyl (C=O) groups is 1. The Morgan fingerprint density at radius 1 is 1.00 bits per heavy atom. The fraction of sp³-hybridized carbons (Fsp3) is 0.917. The van der Waals surface area contributed by atoms with Crippen LogP contribution < -0.4 is 0 Å². The van der Waals surface area contributed by atoms with Crippen molar-refractivity contribution in [1.82, 2.24) is 9.80 Å². The summed E-state index contributed by atoms with van der Waals surface area (Å²) in [6.45, 7) is 12.0. The second kappa shape index (κ2) is 9.60. The first-order chi connectivity index (χ1) is 7.67. The Labute approximate surface area is 99.5 Å². The Bertz CT molecular complexity index is 182. The molecular formula is C12H26N2O2. The molecule has 0 radical (unpaired) electrons. The first kappa shape index (κ1) is 15.4. The molecule has 96 valence electrons. The molecule has 0 unspecified atom stereocenters. The van der Waals surface area contributed by atoms with Gasteiger partial charge in [0.05, 0.1) is 13.7 Å². The first-order valence-corrected chi connectivity index (χ1v) is 6.19. The smallest absolute Gasteiger partial charge is 0.319 e. The van der Waals surface area contributed by atoms with E-state index in [4.69, 9.17) is 0 Å². The molecule has 0 fully saturated rings. The zero-order valence-electron chi connectivity index (χ0n) is 11.2. The molecule has 0 atom stereocenters. The zero-order valence-corrected chi connectivity index (χ0v) is 11.2. The lowest BCUT2D eigenvalue weighted by atomic mass is 10.3. The lowest BCUT2D eigenvalue weighted by Crippen LogP contribution is -2.33. The lowest BCUT2D eigenvalue weighted by molar-refractivity contribution is -0.141. The summed E-state index contributed by atoms with van der Waals surface area (Å²) in [5.74, 6) is -0.148. The van der Waals surface area contributed by atoms with Crippen molar-refractivity contribution in [1.29, 1.82) is 0 Å². The van der Waals surface area contributed by atoms with Gasteiger partial charge in [-0.2, -0.15) is 0 Å². The topological polar surface area (TPSA) is 32.8 Å². The van der Waals surface area contributed by atoms with Gasteiger partial charge in [0, 0.05) is 0 Å². The lowest BCUT2D eigenvalue weighted by Gasteiger charge is -2.22. The Hall–Kier alpha value is -0.610. The third-order valence-corrected chi connectivity index (χ3v) is 2.87. The molecule has 0 heterocycles. The molecule has 0 spiro atoms. The Morgan fingerprint density at radius 2 is 1.50 bits per heavy atom. The minimum absolute atomic E-state index is 0.148. The number of esters is 1. The van der Waals surface area contributed by atoms with Crippen molar-refractivity contribution in [3.8, 4) is 0 Å². The molecule has 0 amide bonds. The van der Waals surface area contributed by atoms with Crippen molar-refractivity contribution >= 4 is 5.97 Å². The minimum Gasteiger partial charge on any atom is -0.468 e. The van der Waals surface area contributed by atoms with Crippen LogP contribution in [0.25, 0.3) is 0 Å². The van der Waals surface area contributed by atoms with Gasteiger partial charge in [-0.3, -0.25) is 9.69 Å². The largest absolute Gasteiger partial charge is 0.468 e. The van der Waals surface area contributed by atoms with Gasteiger partial charge in [-0.1, -0.05) is 20.8 Å². The van der Waals surface area contributed by atoms with Crippen LogP contribution in [-0.2, 0) is 9.53 Å². The summed E-state index contributed by atoms with van der Waals surface area (Å²) in [6.07, 6.45) is 1.10. The highest BCUT2D eigenvalue weighted by Crippen LogP contribution is 1.96. The van der Waals surface area contributed by atoms with Crippen LogP contribution in [0, 0.1) is 0 Å². The normalized spacial score (nSPS) is 11.1. The number of hydrogen-bond donors (Lipinski definition) is 0. The molecule has 0 saturated heterocycles. The maximum Gasteiger partial charge on any atom is 0.319 e. The van der Waals surface area contributed by atoms with Crippen LogP contribution >= 0.6 is 0 Å². The number of methoxy groups -OCH3 is 1. The molecule has 0 aliphatic rings. The summed E-state index contributed by atoms with van der Waals surface area (Å²) >= 11 is 0. The van der Waals surface area contributed by atoms with Crippen LogP contribution in [0.5, 0.6) is 0 Å². The molecule has 0 aliphatic heterocycles. The molecule has 0 aliphatic carbocycles. The predicted octanol–water partition coefficient (Wildman–Crippen LogP) is 1.21. The van der Waals surface area contributed by atoms with E-state index in [9.17, 15) is 4.79 Å². The maximum absolute atomic E-state index is 11.1. The van der Waals surface area contributed by atoms with E-state index in [1.54, 1.807) is 0 Å². The van der Waals surface area contributed by atoms with Crippen LogP contribution in [-0.4, -0.2) is 62.1 Å². The summed E-state index contributed by atoms with van der Waals surface area (Å²) < 4.78 is 4.66. The molecule has 4 nitrogen and oxygen atoms in total. The van der Waals surface area contributed by atoms with Crippen LogP contribution in [0.3, 0.4) is 0 Å². The van der Waals surface area contributed by atoms with E-state index < -0.39 is 0 Å². The molecule has 0 aromatic carbocycles. The average Bonchev–Trinajstić information content (AvgIpc) is 2.32. The van der Waals surface area contributed by atoms with Crippen LogP contribution in [0.2, 0.25) is 0 Å². The van der Waals surface area contributed by atoms with Crippen molar-refractivity contribution in [2.75, 3.05) is 46.4 Å². The molecule has 16 heavy (non-hydrogen) atoms. The molecule has 0 aromatic heterocycles. The van der Waals surface area contributed by atoms with Crippen molar-refractivity contribution in [3.63, 3.8) is 0 Å². The van der Waals surface area contributed by atoms with E-state index >= 15 is 0 Å². The summed E-state index contributed by atoms with van der Waals surface area (Å²) in [7, 11) is 1.44. The number of nitrogens with zero attached hydrogens (tertiary/aromatic N) is 2. The van der Waals surface area contributed by atoms with E-state index in [1.165, 1.54) is 7.11 Å². The quantitative estimate of drug-likeness (QED) is 0.557. The van der Waals surface area contributed by atoms with Gasteiger partial charge in [-0.25, -0.2) is 0 Å².